The van der Waals surface area contributed by atoms with Gasteiger partial charge in [0.2, 0.25) is 11.8 Å². The number of rotatable bonds is 12. The van der Waals surface area contributed by atoms with Gasteiger partial charge in [-0.3, -0.25) is 13.9 Å². The Morgan fingerprint density at radius 3 is 2.37 bits per heavy atom. The van der Waals surface area contributed by atoms with Crippen molar-refractivity contribution in [3.8, 4) is 5.75 Å². The fraction of sp³-hybridized carbons (Fsp3) is 0.286. The van der Waals surface area contributed by atoms with Crippen LogP contribution in [0.4, 0.5) is 5.69 Å². The summed E-state index contributed by atoms with van der Waals surface area (Å²) in [6.07, 6.45) is 0.744. The fourth-order valence-corrected chi connectivity index (χ4v) is 5.64. The van der Waals surface area contributed by atoms with Crippen LogP contribution in [0.2, 0.25) is 0 Å². The second-order valence-corrected chi connectivity index (χ2v) is 11.4. The molecule has 0 aromatic heterocycles. The number of halogens is 1. The van der Waals surface area contributed by atoms with Crippen LogP contribution in [0.15, 0.2) is 88.2 Å². The van der Waals surface area contributed by atoms with Gasteiger partial charge in [0, 0.05) is 17.6 Å². The van der Waals surface area contributed by atoms with Gasteiger partial charge < -0.3 is 15.0 Å². The second kappa shape index (κ2) is 13.4. The molecule has 202 valence electrons. The molecule has 10 heteroatoms. The smallest absolute Gasteiger partial charge is 0.264 e. The van der Waals surface area contributed by atoms with Crippen LogP contribution in [0.25, 0.3) is 0 Å². The van der Waals surface area contributed by atoms with E-state index in [1.165, 1.54) is 17.0 Å². The molecule has 0 saturated carbocycles. The van der Waals surface area contributed by atoms with Crippen LogP contribution >= 0.6 is 15.9 Å². The molecule has 0 aliphatic rings. The average Bonchev–Trinajstić information content (AvgIpc) is 2.93. The molecule has 0 heterocycles. The van der Waals surface area contributed by atoms with Gasteiger partial charge in [-0.05, 0) is 61.4 Å². The van der Waals surface area contributed by atoms with Crippen molar-refractivity contribution in [3.05, 3.63) is 88.9 Å². The quantitative estimate of drug-likeness (QED) is 0.327. The number of sulfonamides is 1. The number of nitrogens with zero attached hydrogens (tertiary/aromatic N) is 2. The van der Waals surface area contributed by atoms with E-state index in [1.807, 2.05) is 13.0 Å². The van der Waals surface area contributed by atoms with Crippen LogP contribution in [0.1, 0.15) is 25.8 Å². The number of anilines is 1. The minimum atomic E-state index is -4.10. The molecule has 0 radical (unpaired) electrons. The van der Waals surface area contributed by atoms with E-state index >= 15 is 0 Å². The first kappa shape index (κ1) is 29.2. The van der Waals surface area contributed by atoms with Crippen LogP contribution < -0.4 is 14.4 Å². The normalized spacial score (nSPS) is 11.9. The molecule has 0 aliphatic heterocycles. The van der Waals surface area contributed by atoms with Gasteiger partial charge in [-0.15, -0.1) is 0 Å². The highest BCUT2D eigenvalue weighted by molar-refractivity contribution is 9.10. The Hall–Kier alpha value is -3.37. The van der Waals surface area contributed by atoms with Crippen LogP contribution in [0, 0.1) is 0 Å². The van der Waals surface area contributed by atoms with Gasteiger partial charge in [-0.2, -0.15) is 0 Å². The summed E-state index contributed by atoms with van der Waals surface area (Å²) in [6, 6.07) is 21.0. The highest BCUT2D eigenvalue weighted by atomic mass is 79.9. The van der Waals surface area contributed by atoms with Crippen molar-refractivity contribution >= 4 is 43.5 Å². The maximum atomic E-state index is 13.9. The zero-order valence-corrected chi connectivity index (χ0v) is 24.0. The summed E-state index contributed by atoms with van der Waals surface area (Å²) in [6.45, 7) is 3.64. The molecule has 8 nitrogen and oxygen atoms in total. The van der Waals surface area contributed by atoms with Gasteiger partial charge in [0.25, 0.3) is 10.0 Å². The summed E-state index contributed by atoms with van der Waals surface area (Å²) in [5, 5.41) is 2.83. The van der Waals surface area contributed by atoms with Crippen molar-refractivity contribution in [1.82, 2.24) is 10.2 Å². The Labute approximate surface area is 232 Å². The van der Waals surface area contributed by atoms with Gasteiger partial charge in [0.1, 0.15) is 18.3 Å². The molecule has 1 N–H and O–H groups in total. The van der Waals surface area contributed by atoms with E-state index in [0.717, 1.165) is 16.3 Å². The third-order valence-corrected chi connectivity index (χ3v) is 8.19. The number of ether oxygens (including phenoxy) is 1. The van der Waals surface area contributed by atoms with E-state index in [-0.39, 0.29) is 17.3 Å². The fourth-order valence-electron chi connectivity index (χ4n) is 3.83. The topological polar surface area (TPSA) is 96.0 Å². The Bertz CT molecular complexity index is 1350. The van der Waals surface area contributed by atoms with Crippen molar-refractivity contribution in [1.29, 1.82) is 0 Å². The first-order valence-electron chi connectivity index (χ1n) is 12.2. The number of amides is 2. The monoisotopic (exact) mass is 601 g/mol. The van der Waals surface area contributed by atoms with Crippen LogP contribution in [-0.2, 0) is 26.2 Å². The van der Waals surface area contributed by atoms with Crippen LogP contribution in [-0.4, -0.2) is 51.4 Å². The van der Waals surface area contributed by atoms with Crippen molar-refractivity contribution in [2.24, 2.45) is 0 Å². The summed E-state index contributed by atoms with van der Waals surface area (Å²) < 4.78 is 34.5. The molecule has 0 aliphatic carbocycles. The van der Waals surface area contributed by atoms with Crippen molar-refractivity contribution in [3.63, 3.8) is 0 Å². The van der Waals surface area contributed by atoms with Gasteiger partial charge in [-0.25, -0.2) is 8.42 Å². The molecule has 38 heavy (non-hydrogen) atoms. The van der Waals surface area contributed by atoms with E-state index in [2.05, 4.69) is 21.2 Å². The zero-order valence-electron chi connectivity index (χ0n) is 21.6. The summed E-state index contributed by atoms with van der Waals surface area (Å²) in [5.74, 6) is -0.227. The lowest BCUT2D eigenvalue weighted by Gasteiger charge is -2.32. The van der Waals surface area contributed by atoms with Gasteiger partial charge in [0.15, 0.2) is 0 Å². The molecule has 3 aromatic rings. The Morgan fingerprint density at radius 2 is 1.71 bits per heavy atom. The maximum Gasteiger partial charge on any atom is 0.264 e. The zero-order chi connectivity index (χ0) is 27.7. The molecular formula is C28H32BrN3O5S. The van der Waals surface area contributed by atoms with E-state index < -0.39 is 28.5 Å². The van der Waals surface area contributed by atoms with Crippen molar-refractivity contribution in [2.75, 3.05) is 24.5 Å². The number of benzene rings is 3. The number of carbonyl (C=O) groups excluding carboxylic acids is 2. The number of hydrogen-bond acceptors (Lipinski definition) is 5. The summed E-state index contributed by atoms with van der Waals surface area (Å²) >= 11 is 3.39. The van der Waals surface area contributed by atoms with Crippen LogP contribution in [0.3, 0.4) is 0 Å². The Balaban J connectivity index is 2.01. The third-order valence-electron chi connectivity index (χ3n) is 5.91. The lowest BCUT2D eigenvalue weighted by Crippen LogP contribution is -2.51. The summed E-state index contributed by atoms with van der Waals surface area (Å²) in [5.41, 5.74) is 1.06. The number of carbonyl (C=O) groups is 2. The average molecular weight is 603 g/mol. The summed E-state index contributed by atoms with van der Waals surface area (Å²) in [7, 11) is -2.55. The first-order valence-corrected chi connectivity index (χ1v) is 14.4. The van der Waals surface area contributed by atoms with E-state index in [4.69, 9.17) is 4.74 Å². The van der Waals surface area contributed by atoms with Gasteiger partial charge in [-0.1, -0.05) is 59.3 Å². The van der Waals surface area contributed by atoms with E-state index in [9.17, 15) is 18.0 Å². The van der Waals surface area contributed by atoms with E-state index in [1.54, 1.807) is 74.7 Å². The minimum Gasteiger partial charge on any atom is -0.497 e. The lowest BCUT2D eigenvalue weighted by atomic mass is 10.1. The van der Waals surface area contributed by atoms with E-state index in [0.29, 0.717) is 22.5 Å². The molecule has 1 atom stereocenters. The van der Waals surface area contributed by atoms with Crippen LogP contribution in [0.5, 0.6) is 5.75 Å². The largest absolute Gasteiger partial charge is 0.497 e. The molecule has 0 bridgehead atoms. The maximum absolute atomic E-state index is 13.9. The summed E-state index contributed by atoms with van der Waals surface area (Å²) in [4.78, 5) is 28.2. The highest BCUT2D eigenvalue weighted by Crippen LogP contribution is 2.27. The predicted molar refractivity (Wildman–Crippen MR) is 151 cm³/mol. The van der Waals surface area contributed by atoms with Gasteiger partial charge >= 0.3 is 0 Å². The standard InChI is InChI=1S/C28H32BrN3O5S/c1-4-16-30-28(34)21(2)31(19-22-10-8-13-25(17-22)37-3)27(33)20-32(24-12-9-11-23(29)18-24)38(35,36)26-14-6-5-7-15-26/h5-15,17-18,21H,4,16,19-20H2,1-3H3,(H,30,34). The number of methoxy groups -OCH3 is 1. The number of nitrogens with one attached hydrogen (secondary N) is 1. The van der Waals surface area contributed by atoms with Gasteiger partial charge in [0.05, 0.1) is 17.7 Å². The minimum absolute atomic E-state index is 0.0564. The third kappa shape index (κ3) is 7.35. The molecule has 3 aromatic carbocycles. The second-order valence-electron chi connectivity index (χ2n) is 8.64. The molecule has 3 rings (SSSR count). The van der Waals surface area contributed by atoms with Crippen molar-refractivity contribution < 1.29 is 22.7 Å². The predicted octanol–water partition coefficient (Wildman–Crippen LogP) is 4.60. The molecule has 0 saturated heterocycles. The highest BCUT2D eigenvalue weighted by Gasteiger charge is 2.32. The Morgan fingerprint density at radius 1 is 1.00 bits per heavy atom. The lowest BCUT2D eigenvalue weighted by molar-refractivity contribution is -0.139. The van der Waals surface area contributed by atoms with Crippen molar-refractivity contribution in [2.45, 2.75) is 37.8 Å². The molecule has 0 fully saturated rings. The molecular weight excluding hydrogens is 570 g/mol. The SMILES string of the molecule is CCCNC(=O)C(C)N(Cc1cccc(OC)c1)C(=O)CN(c1cccc(Br)c1)S(=O)(=O)c1ccccc1. The Kier molecular flexibility index (Phi) is 10.3. The molecule has 0 spiro atoms. The molecule has 2 amide bonds. The number of hydrogen-bond donors (Lipinski definition) is 1. The first-order chi connectivity index (χ1) is 18.2. The molecule has 1 unspecified atom stereocenters.